The van der Waals surface area contributed by atoms with Crippen LogP contribution in [0.15, 0.2) is 58.9 Å². The minimum absolute atomic E-state index is 0.0467. The number of halogens is 1. The molecule has 0 fully saturated rings. The molecule has 0 spiro atoms. The van der Waals surface area contributed by atoms with Gasteiger partial charge in [-0.05, 0) is 18.2 Å². The molecule has 2 aromatic carbocycles. The van der Waals surface area contributed by atoms with Crippen LogP contribution in [-0.4, -0.2) is 21.7 Å². The summed E-state index contributed by atoms with van der Waals surface area (Å²) in [5.74, 6) is 0.0338. The Morgan fingerprint density at radius 3 is 2.74 bits per heavy atom. The van der Waals surface area contributed by atoms with Crippen molar-refractivity contribution in [1.29, 1.82) is 0 Å². The van der Waals surface area contributed by atoms with Gasteiger partial charge in [-0.1, -0.05) is 59.5 Å². The Morgan fingerprint density at radius 2 is 1.96 bits per heavy atom. The Hall–Kier alpha value is -2.25. The molecule has 0 unspecified atom stereocenters. The van der Waals surface area contributed by atoms with Crippen molar-refractivity contribution in [2.45, 2.75) is 4.34 Å². The van der Waals surface area contributed by atoms with Gasteiger partial charge in [-0.25, -0.2) is 4.39 Å². The molecular weight excluding hydrogens is 333 g/mol. The largest absolute Gasteiger partial charge is 0.330 e. The number of carbonyl (C=O) groups is 1. The van der Waals surface area contributed by atoms with Gasteiger partial charge in [-0.15, -0.1) is 10.2 Å². The van der Waals surface area contributed by atoms with Crippen molar-refractivity contribution in [3.8, 4) is 0 Å². The quantitative estimate of drug-likeness (QED) is 0.530. The summed E-state index contributed by atoms with van der Waals surface area (Å²) in [4.78, 5) is 12.0. The van der Waals surface area contributed by atoms with Gasteiger partial charge in [0.1, 0.15) is 5.82 Å². The van der Waals surface area contributed by atoms with Crippen LogP contribution in [-0.2, 0) is 0 Å². The van der Waals surface area contributed by atoms with Crippen molar-refractivity contribution in [3.05, 3.63) is 66.0 Å². The minimum atomic E-state index is -0.317. The number of rotatable bonds is 6. The standard InChI is InChI=1S/C16H12FN3OS2/c17-12-7-4-8-13(9-12)18-15-19-20-16(23-15)22-10-14(21)11-5-2-1-3-6-11/h1-9H,10H2,(H,18,19). The van der Waals surface area contributed by atoms with Gasteiger partial charge in [0.05, 0.1) is 5.75 Å². The molecule has 3 rings (SSSR count). The van der Waals surface area contributed by atoms with Gasteiger partial charge in [0.2, 0.25) is 5.13 Å². The van der Waals surface area contributed by atoms with E-state index in [2.05, 4.69) is 15.5 Å². The van der Waals surface area contributed by atoms with Crippen LogP contribution in [0.4, 0.5) is 15.2 Å². The number of nitrogens with zero attached hydrogens (tertiary/aromatic N) is 2. The maximum absolute atomic E-state index is 13.1. The Bertz CT molecular complexity index is 808. The first-order valence-electron chi connectivity index (χ1n) is 6.78. The maximum Gasteiger partial charge on any atom is 0.210 e. The lowest BCUT2D eigenvalue weighted by Crippen LogP contribution is -2.01. The van der Waals surface area contributed by atoms with Gasteiger partial charge in [-0.3, -0.25) is 4.79 Å². The second kappa shape index (κ2) is 7.34. The molecule has 1 heterocycles. The number of hydrogen-bond acceptors (Lipinski definition) is 6. The highest BCUT2D eigenvalue weighted by Crippen LogP contribution is 2.28. The van der Waals surface area contributed by atoms with Crippen LogP contribution >= 0.6 is 23.1 Å². The monoisotopic (exact) mass is 345 g/mol. The molecule has 3 aromatic rings. The van der Waals surface area contributed by atoms with Crippen LogP contribution in [0.3, 0.4) is 0 Å². The van der Waals surface area contributed by atoms with E-state index in [0.29, 0.717) is 26.5 Å². The average molecular weight is 345 g/mol. The average Bonchev–Trinajstić information content (AvgIpc) is 3.01. The van der Waals surface area contributed by atoms with Gasteiger partial charge >= 0.3 is 0 Å². The third kappa shape index (κ3) is 4.37. The van der Waals surface area contributed by atoms with E-state index in [4.69, 9.17) is 0 Å². The third-order valence-electron chi connectivity index (χ3n) is 2.90. The van der Waals surface area contributed by atoms with Crippen molar-refractivity contribution in [2.24, 2.45) is 0 Å². The molecule has 1 aromatic heterocycles. The van der Waals surface area contributed by atoms with Crippen LogP contribution in [0.2, 0.25) is 0 Å². The second-order valence-corrected chi connectivity index (χ2v) is 6.79. The lowest BCUT2D eigenvalue weighted by atomic mass is 10.2. The van der Waals surface area contributed by atoms with Crippen molar-refractivity contribution in [3.63, 3.8) is 0 Å². The molecule has 0 aliphatic carbocycles. The number of anilines is 2. The van der Waals surface area contributed by atoms with Crippen molar-refractivity contribution in [1.82, 2.24) is 10.2 Å². The number of thioether (sulfide) groups is 1. The summed E-state index contributed by atoms with van der Waals surface area (Å²) in [5.41, 5.74) is 1.29. The van der Waals surface area contributed by atoms with E-state index in [9.17, 15) is 9.18 Å². The zero-order valence-corrected chi connectivity index (χ0v) is 13.5. The van der Waals surface area contributed by atoms with Crippen LogP contribution in [0.5, 0.6) is 0 Å². The first-order valence-corrected chi connectivity index (χ1v) is 8.58. The van der Waals surface area contributed by atoms with E-state index in [1.165, 1.54) is 35.2 Å². The molecule has 1 N–H and O–H groups in total. The van der Waals surface area contributed by atoms with Gasteiger partial charge in [0, 0.05) is 11.3 Å². The predicted octanol–water partition coefficient (Wildman–Crippen LogP) is 4.40. The fourth-order valence-electron chi connectivity index (χ4n) is 1.84. The Kier molecular flexibility index (Phi) is 4.99. The smallest absolute Gasteiger partial charge is 0.210 e. The van der Waals surface area contributed by atoms with E-state index in [1.54, 1.807) is 24.3 Å². The number of hydrogen-bond donors (Lipinski definition) is 1. The van der Waals surface area contributed by atoms with E-state index in [0.717, 1.165) is 0 Å². The number of carbonyl (C=O) groups excluding carboxylic acids is 1. The number of ketones is 1. The normalized spacial score (nSPS) is 10.5. The fraction of sp³-hybridized carbons (Fsp3) is 0.0625. The Morgan fingerprint density at radius 1 is 1.13 bits per heavy atom. The molecule has 0 aliphatic rings. The molecule has 0 saturated heterocycles. The molecule has 0 aliphatic heterocycles. The summed E-state index contributed by atoms with van der Waals surface area (Å²) in [6, 6.07) is 15.3. The van der Waals surface area contributed by atoms with Crippen LogP contribution in [0.1, 0.15) is 10.4 Å². The highest BCUT2D eigenvalue weighted by molar-refractivity contribution is 8.01. The van der Waals surface area contributed by atoms with Crippen LogP contribution < -0.4 is 5.32 Å². The van der Waals surface area contributed by atoms with Gasteiger partial charge in [-0.2, -0.15) is 0 Å². The summed E-state index contributed by atoms with van der Waals surface area (Å²) in [6.45, 7) is 0. The first-order chi connectivity index (χ1) is 11.2. The molecule has 4 nitrogen and oxygen atoms in total. The number of nitrogens with one attached hydrogen (secondary N) is 1. The van der Waals surface area contributed by atoms with Crippen molar-refractivity contribution in [2.75, 3.05) is 11.1 Å². The SMILES string of the molecule is O=C(CSc1nnc(Nc2cccc(F)c2)s1)c1ccccc1. The fourth-order valence-corrected chi connectivity index (χ4v) is 3.51. The lowest BCUT2D eigenvalue weighted by molar-refractivity contribution is 0.102. The van der Waals surface area contributed by atoms with E-state index < -0.39 is 0 Å². The summed E-state index contributed by atoms with van der Waals surface area (Å²) < 4.78 is 13.8. The van der Waals surface area contributed by atoms with E-state index >= 15 is 0 Å². The number of aromatic nitrogens is 2. The van der Waals surface area contributed by atoms with Gasteiger partial charge < -0.3 is 5.32 Å². The molecule has 0 saturated carbocycles. The molecule has 0 bridgehead atoms. The Balaban J connectivity index is 1.58. The lowest BCUT2D eigenvalue weighted by Gasteiger charge is -2.00. The minimum Gasteiger partial charge on any atom is -0.330 e. The molecule has 116 valence electrons. The van der Waals surface area contributed by atoms with Crippen molar-refractivity contribution < 1.29 is 9.18 Å². The Labute approximate surface area is 140 Å². The third-order valence-corrected chi connectivity index (χ3v) is 4.88. The highest BCUT2D eigenvalue weighted by atomic mass is 32.2. The van der Waals surface area contributed by atoms with Crippen molar-refractivity contribution >= 4 is 39.7 Å². The van der Waals surface area contributed by atoms with E-state index in [1.807, 2.05) is 18.2 Å². The van der Waals surface area contributed by atoms with Gasteiger partial charge in [0.25, 0.3) is 0 Å². The molecule has 0 radical (unpaired) electrons. The van der Waals surface area contributed by atoms with E-state index in [-0.39, 0.29) is 11.6 Å². The molecule has 0 amide bonds. The zero-order chi connectivity index (χ0) is 16.1. The molecule has 23 heavy (non-hydrogen) atoms. The topological polar surface area (TPSA) is 54.9 Å². The predicted molar refractivity (Wildman–Crippen MR) is 91.1 cm³/mol. The zero-order valence-electron chi connectivity index (χ0n) is 11.9. The molecule has 7 heteroatoms. The molecule has 0 atom stereocenters. The summed E-state index contributed by atoms with van der Waals surface area (Å²) in [6.07, 6.45) is 0. The number of Topliss-reactive ketones (excluding diaryl/α,β-unsaturated/α-hetero) is 1. The van der Waals surface area contributed by atoms with Crippen LogP contribution in [0, 0.1) is 5.82 Å². The highest BCUT2D eigenvalue weighted by Gasteiger charge is 2.10. The molecular formula is C16H12FN3OS2. The maximum atomic E-state index is 13.1. The summed E-state index contributed by atoms with van der Waals surface area (Å²) in [7, 11) is 0. The van der Waals surface area contributed by atoms with Crippen LogP contribution in [0.25, 0.3) is 0 Å². The van der Waals surface area contributed by atoms with Gasteiger partial charge in [0.15, 0.2) is 10.1 Å². The summed E-state index contributed by atoms with van der Waals surface area (Å²) >= 11 is 2.66. The number of benzene rings is 2. The second-order valence-electron chi connectivity index (χ2n) is 4.59. The first kappa shape index (κ1) is 15.6. The summed E-state index contributed by atoms with van der Waals surface area (Å²) in [5, 5.41) is 11.6.